The SMILES string of the molecule is Cc1cc(C(=O)Nc2ccc(C(F)(F)F)cc2)c(C)cc1NS(=O)(=O)C(C)C. The highest BCUT2D eigenvalue weighted by atomic mass is 32.2. The lowest BCUT2D eigenvalue weighted by molar-refractivity contribution is -0.137. The molecule has 0 heterocycles. The van der Waals surface area contributed by atoms with Crippen molar-refractivity contribution in [1.82, 2.24) is 0 Å². The molecule has 2 N–H and O–H groups in total. The molecule has 0 unspecified atom stereocenters. The number of sulfonamides is 1. The van der Waals surface area contributed by atoms with E-state index < -0.39 is 32.9 Å². The number of benzene rings is 2. The Morgan fingerprint density at radius 3 is 2.07 bits per heavy atom. The van der Waals surface area contributed by atoms with E-state index in [1.165, 1.54) is 18.2 Å². The second-order valence-corrected chi connectivity index (χ2v) is 8.94. The molecule has 0 aliphatic rings. The van der Waals surface area contributed by atoms with Crippen LogP contribution in [0.15, 0.2) is 36.4 Å². The van der Waals surface area contributed by atoms with Gasteiger partial charge in [-0.05, 0) is 75.2 Å². The Morgan fingerprint density at radius 2 is 1.57 bits per heavy atom. The van der Waals surface area contributed by atoms with Crippen LogP contribution in [0, 0.1) is 13.8 Å². The van der Waals surface area contributed by atoms with Crippen molar-refractivity contribution < 1.29 is 26.4 Å². The smallest absolute Gasteiger partial charge is 0.322 e. The highest BCUT2D eigenvalue weighted by molar-refractivity contribution is 7.93. The topological polar surface area (TPSA) is 75.3 Å². The molecule has 0 saturated carbocycles. The van der Waals surface area contributed by atoms with E-state index in [9.17, 15) is 26.4 Å². The minimum Gasteiger partial charge on any atom is -0.322 e. The lowest BCUT2D eigenvalue weighted by Crippen LogP contribution is -2.23. The molecule has 28 heavy (non-hydrogen) atoms. The van der Waals surface area contributed by atoms with Gasteiger partial charge in [-0.25, -0.2) is 8.42 Å². The fourth-order valence-corrected chi connectivity index (χ4v) is 3.14. The maximum Gasteiger partial charge on any atom is 0.416 e. The van der Waals surface area contributed by atoms with Crippen molar-refractivity contribution in [2.45, 2.75) is 39.1 Å². The number of hydrogen-bond acceptors (Lipinski definition) is 3. The number of aryl methyl sites for hydroxylation is 2. The standard InChI is InChI=1S/C19H21F3N2O3S/c1-11(2)28(26,27)24-17-10-12(3)16(9-13(17)4)18(25)23-15-7-5-14(6-8-15)19(20,21)22/h5-11,24H,1-4H3,(H,23,25). The number of carbonyl (C=O) groups excluding carboxylic acids is 1. The van der Waals surface area contributed by atoms with Gasteiger partial charge in [0.2, 0.25) is 10.0 Å². The third kappa shape index (κ3) is 5.03. The molecule has 2 rings (SSSR count). The number of halogens is 3. The molecule has 0 fully saturated rings. The Kier molecular flexibility index (Phi) is 6.08. The summed E-state index contributed by atoms with van der Waals surface area (Å²) in [6.45, 7) is 6.41. The first-order valence-electron chi connectivity index (χ1n) is 8.42. The van der Waals surface area contributed by atoms with Gasteiger partial charge < -0.3 is 5.32 Å². The van der Waals surface area contributed by atoms with Crippen LogP contribution in [0.2, 0.25) is 0 Å². The maximum atomic E-state index is 12.6. The number of nitrogens with one attached hydrogen (secondary N) is 2. The third-order valence-corrected chi connectivity index (χ3v) is 5.90. The van der Waals surface area contributed by atoms with E-state index in [1.54, 1.807) is 33.8 Å². The molecule has 5 nitrogen and oxygen atoms in total. The largest absolute Gasteiger partial charge is 0.416 e. The van der Waals surface area contributed by atoms with Gasteiger partial charge in [0.15, 0.2) is 0 Å². The molecule has 9 heteroatoms. The van der Waals surface area contributed by atoms with E-state index >= 15 is 0 Å². The Balaban J connectivity index is 2.23. The Bertz CT molecular complexity index is 983. The van der Waals surface area contributed by atoms with E-state index in [2.05, 4.69) is 10.0 Å². The normalized spacial score (nSPS) is 12.1. The van der Waals surface area contributed by atoms with Gasteiger partial charge in [0.1, 0.15) is 0 Å². The zero-order chi connectivity index (χ0) is 21.3. The molecule has 0 aliphatic heterocycles. The minimum absolute atomic E-state index is 0.222. The molecule has 0 radical (unpaired) electrons. The summed E-state index contributed by atoms with van der Waals surface area (Å²) in [5, 5.41) is 1.93. The van der Waals surface area contributed by atoms with Gasteiger partial charge in [0, 0.05) is 11.3 Å². The second kappa shape index (κ2) is 7.83. The summed E-state index contributed by atoms with van der Waals surface area (Å²) in [4.78, 5) is 12.5. The first-order valence-corrected chi connectivity index (χ1v) is 9.97. The number of carbonyl (C=O) groups is 1. The minimum atomic E-state index is -4.45. The monoisotopic (exact) mass is 414 g/mol. The average molecular weight is 414 g/mol. The van der Waals surface area contributed by atoms with Crippen molar-refractivity contribution in [2.75, 3.05) is 10.0 Å². The highest BCUT2D eigenvalue weighted by Crippen LogP contribution is 2.30. The summed E-state index contributed by atoms with van der Waals surface area (Å²) in [7, 11) is -3.53. The van der Waals surface area contributed by atoms with Gasteiger partial charge >= 0.3 is 6.18 Å². The first kappa shape index (κ1) is 21.7. The van der Waals surface area contributed by atoms with E-state index in [0.717, 1.165) is 12.1 Å². The van der Waals surface area contributed by atoms with E-state index in [1.807, 2.05) is 0 Å². The summed E-state index contributed by atoms with van der Waals surface area (Å²) in [6.07, 6.45) is -4.45. The third-order valence-electron chi connectivity index (χ3n) is 4.16. The lowest BCUT2D eigenvalue weighted by atomic mass is 10.0. The van der Waals surface area contributed by atoms with Gasteiger partial charge in [0.05, 0.1) is 16.5 Å². The van der Waals surface area contributed by atoms with Crippen molar-refractivity contribution in [3.05, 3.63) is 58.7 Å². The van der Waals surface area contributed by atoms with Gasteiger partial charge in [-0.1, -0.05) is 0 Å². The predicted molar refractivity (Wildman–Crippen MR) is 103 cm³/mol. The summed E-state index contributed by atoms with van der Waals surface area (Å²) in [5.74, 6) is -0.501. The van der Waals surface area contributed by atoms with Crippen LogP contribution in [-0.2, 0) is 16.2 Å². The number of amides is 1. The van der Waals surface area contributed by atoms with Crippen molar-refractivity contribution in [1.29, 1.82) is 0 Å². The Labute approximate surface area is 162 Å². The Morgan fingerprint density at radius 1 is 1.00 bits per heavy atom. The van der Waals surface area contributed by atoms with Crippen LogP contribution in [0.25, 0.3) is 0 Å². The van der Waals surface area contributed by atoms with Crippen molar-refractivity contribution in [3.63, 3.8) is 0 Å². The van der Waals surface area contributed by atoms with Crippen LogP contribution >= 0.6 is 0 Å². The molecule has 1 amide bonds. The average Bonchev–Trinajstić information content (AvgIpc) is 2.57. The van der Waals surface area contributed by atoms with Gasteiger partial charge in [-0.2, -0.15) is 13.2 Å². The second-order valence-electron chi connectivity index (χ2n) is 6.71. The van der Waals surface area contributed by atoms with Gasteiger partial charge in [-0.3, -0.25) is 9.52 Å². The molecule has 2 aromatic rings. The quantitative estimate of drug-likeness (QED) is 0.743. The molecule has 0 aliphatic carbocycles. The van der Waals surface area contributed by atoms with Crippen LogP contribution in [-0.4, -0.2) is 19.6 Å². The highest BCUT2D eigenvalue weighted by Gasteiger charge is 2.30. The number of rotatable bonds is 5. The molecule has 0 saturated heterocycles. The molecular formula is C19H21F3N2O3S. The predicted octanol–water partition coefficient (Wildman–Crippen LogP) is 4.72. The first-order chi connectivity index (χ1) is 12.8. The lowest BCUT2D eigenvalue weighted by Gasteiger charge is -2.16. The zero-order valence-electron chi connectivity index (χ0n) is 15.8. The molecule has 0 spiro atoms. The summed E-state index contributed by atoms with van der Waals surface area (Å²) in [5.41, 5.74) is 1.16. The van der Waals surface area contributed by atoms with E-state index in [0.29, 0.717) is 22.4 Å². The van der Waals surface area contributed by atoms with Crippen molar-refractivity contribution in [3.8, 4) is 0 Å². The van der Waals surface area contributed by atoms with Gasteiger partial charge in [-0.15, -0.1) is 0 Å². The molecule has 2 aromatic carbocycles. The van der Waals surface area contributed by atoms with Crippen LogP contribution in [0.4, 0.5) is 24.5 Å². The van der Waals surface area contributed by atoms with Crippen LogP contribution < -0.4 is 10.0 Å². The van der Waals surface area contributed by atoms with Crippen molar-refractivity contribution in [2.24, 2.45) is 0 Å². The summed E-state index contributed by atoms with van der Waals surface area (Å²) in [6, 6.07) is 7.21. The Hall–Kier alpha value is -2.55. The fraction of sp³-hybridized carbons (Fsp3) is 0.316. The zero-order valence-corrected chi connectivity index (χ0v) is 16.6. The molecule has 0 bridgehead atoms. The molecule has 0 atom stereocenters. The van der Waals surface area contributed by atoms with Crippen molar-refractivity contribution >= 4 is 27.3 Å². The van der Waals surface area contributed by atoms with E-state index in [4.69, 9.17) is 0 Å². The summed E-state index contributed by atoms with van der Waals surface area (Å²) >= 11 is 0. The van der Waals surface area contributed by atoms with Crippen LogP contribution in [0.5, 0.6) is 0 Å². The molecule has 0 aromatic heterocycles. The number of alkyl halides is 3. The van der Waals surface area contributed by atoms with Gasteiger partial charge in [0.25, 0.3) is 5.91 Å². The van der Waals surface area contributed by atoms with Crippen LogP contribution in [0.1, 0.15) is 40.9 Å². The molecular weight excluding hydrogens is 393 g/mol. The number of hydrogen-bond donors (Lipinski definition) is 2. The number of anilines is 2. The molecule has 152 valence electrons. The summed E-state index contributed by atoms with van der Waals surface area (Å²) < 4.78 is 64.4. The van der Waals surface area contributed by atoms with Crippen LogP contribution in [0.3, 0.4) is 0 Å². The van der Waals surface area contributed by atoms with E-state index in [-0.39, 0.29) is 5.69 Å². The maximum absolute atomic E-state index is 12.6. The fourth-order valence-electron chi connectivity index (χ4n) is 2.38.